The third-order valence-electron chi connectivity index (χ3n) is 3.48. The summed E-state index contributed by atoms with van der Waals surface area (Å²) in [4.78, 5) is 18.8. The van der Waals surface area contributed by atoms with Crippen LogP contribution < -0.4 is 0 Å². The smallest absolute Gasteiger partial charge is 0.247 e. The van der Waals surface area contributed by atoms with Crippen molar-refractivity contribution in [3.63, 3.8) is 0 Å². The molecule has 1 aliphatic heterocycles. The van der Waals surface area contributed by atoms with Crippen molar-refractivity contribution in [2.45, 2.75) is 12.8 Å². The van der Waals surface area contributed by atoms with Crippen molar-refractivity contribution in [2.24, 2.45) is 0 Å². The van der Waals surface area contributed by atoms with Gasteiger partial charge in [-0.05, 0) is 30.5 Å². The molecule has 0 unspecified atom stereocenters. The van der Waals surface area contributed by atoms with Crippen LogP contribution in [0.15, 0.2) is 36.5 Å². The molecule has 0 spiro atoms. The molecule has 21 heavy (non-hydrogen) atoms. The first-order valence-corrected chi connectivity index (χ1v) is 7.58. The number of carbonyl (C=O) groups excluding carboxylic acids is 1. The van der Waals surface area contributed by atoms with E-state index in [1.54, 1.807) is 29.4 Å². The normalized spacial score (nSPS) is 14.7. The van der Waals surface area contributed by atoms with Gasteiger partial charge in [0.25, 0.3) is 0 Å². The fourth-order valence-corrected chi connectivity index (χ4v) is 3.18. The average molecular weight is 302 g/mol. The van der Waals surface area contributed by atoms with Crippen molar-refractivity contribution in [3.8, 4) is 0 Å². The molecule has 0 saturated heterocycles. The van der Waals surface area contributed by atoms with Crippen LogP contribution in [0.4, 0.5) is 4.39 Å². The van der Waals surface area contributed by atoms with E-state index in [4.69, 9.17) is 0 Å². The van der Waals surface area contributed by atoms with E-state index in [0.29, 0.717) is 6.54 Å². The second kappa shape index (κ2) is 5.77. The number of hydrogen-bond acceptors (Lipinski definition) is 3. The van der Waals surface area contributed by atoms with Crippen LogP contribution in [-0.2, 0) is 17.6 Å². The topological polar surface area (TPSA) is 33.2 Å². The van der Waals surface area contributed by atoms with Crippen molar-refractivity contribution < 1.29 is 9.18 Å². The number of benzene rings is 1. The van der Waals surface area contributed by atoms with Gasteiger partial charge in [0.15, 0.2) is 0 Å². The summed E-state index contributed by atoms with van der Waals surface area (Å²) in [6, 6.07) is 6.59. The van der Waals surface area contributed by atoms with E-state index in [2.05, 4.69) is 4.98 Å². The van der Waals surface area contributed by atoms with Gasteiger partial charge in [0.05, 0.1) is 0 Å². The molecule has 2 aromatic rings. The number of thiazole rings is 1. The van der Waals surface area contributed by atoms with Crippen LogP contribution in [0.25, 0.3) is 5.57 Å². The molecule has 1 amide bonds. The van der Waals surface area contributed by atoms with E-state index in [-0.39, 0.29) is 11.7 Å². The lowest BCUT2D eigenvalue weighted by Gasteiger charge is -2.06. The highest BCUT2D eigenvalue weighted by Crippen LogP contribution is 2.26. The molecule has 108 valence electrons. The minimum Gasteiger partial charge on any atom is -0.338 e. The van der Waals surface area contributed by atoms with E-state index in [1.807, 2.05) is 18.3 Å². The first-order valence-electron chi connectivity index (χ1n) is 6.77. The Morgan fingerprint density at radius 1 is 1.29 bits per heavy atom. The summed E-state index contributed by atoms with van der Waals surface area (Å²) in [5.74, 6) is -0.172. The number of aryl methyl sites for hydroxylation is 2. The highest BCUT2D eigenvalue weighted by atomic mass is 32.1. The molecule has 0 saturated carbocycles. The zero-order chi connectivity index (χ0) is 14.8. The molecule has 3 nitrogen and oxygen atoms in total. The van der Waals surface area contributed by atoms with Crippen LogP contribution in [0.2, 0.25) is 0 Å². The quantitative estimate of drug-likeness (QED) is 0.870. The lowest BCUT2D eigenvalue weighted by Crippen LogP contribution is -2.19. The fraction of sp³-hybridized carbons (Fsp3) is 0.250. The van der Waals surface area contributed by atoms with Gasteiger partial charge in [0.2, 0.25) is 5.91 Å². The summed E-state index contributed by atoms with van der Waals surface area (Å²) in [6.07, 6.45) is 5.26. The molecule has 1 aromatic carbocycles. The highest BCUT2D eigenvalue weighted by Gasteiger charge is 2.20. The summed E-state index contributed by atoms with van der Waals surface area (Å²) in [5, 5.41) is 0.918. The van der Waals surface area contributed by atoms with Gasteiger partial charge in [-0.1, -0.05) is 12.1 Å². The Hall–Kier alpha value is -2.01. The van der Waals surface area contributed by atoms with E-state index in [0.717, 1.165) is 29.0 Å². The van der Waals surface area contributed by atoms with E-state index in [9.17, 15) is 9.18 Å². The van der Waals surface area contributed by atoms with Gasteiger partial charge in [0, 0.05) is 36.3 Å². The molecule has 1 aliphatic rings. The third-order valence-corrected chi connectivity index (χ3v) is 4.62. The Morgan fingerprint density at radius 3 is 2.71 bits per heavy atom. The Morgan fingerprint density at radius 2 is 2.05 bits per heavy atom. The van der Waals surface area contributed by atoms with Gasteiger partial charge < -0.3 is 4.90 Å². The molecular weight excluding hydrogens is 287 g/mol. The van der Waals surface area contributed by atoms with Crippen LogP contribution in [0.3, 0.4) is 0 Å². The third kappa shape index (κ3) is 3.19. The average Bonchev–Trinajstić information content (AvgIpc) is 3.06. The van der Waals surface area contributed by atoms with E-state index < -0.39 is 0 Å². The number of halogens is 1. The van der Waals surface area contributed by atoms with Gasteiger partial charge in [-0.3, -0.25) is 4.79 Å². The minimum atomic E-state index is -0.208. The van der Waals surface area contributed by atoms with Crippen molar-refractivity contribution >= 4 is 22.8 Å². The van der Waals surface area contributed by atoms with Crippen molar-refractivity contribution in [2.75, 3.05) is 13.6 Å². The second-order valence-corrected chi connectivity index (χ2v) is 6.24. The highest BCUT2D eigenvalue weighted by molar-refractivity contribution is 7.12. The van der Waals surface area contributed by atoms with Gasteiger partial charge in [0.1, 0.15) is 10.8 Å². The van der Waals surface area contributed by atoms with Gasteiger partial charge in [-0.2, -0.15) is 0 Å². The van der Waals surface area contributed by atoms with Gasteiger partial charge in [-0.15, -0.1) is 11.3 Å². The number of amides is 1. The summed E-state index contributed by atoms with van der Waals surface area (Å²) >= 11 is 1.62. The molecule has 5 heteroatoms. The second-order valence-electron chi connectivity index (χ2n) is 5.12. The van der Waals surface area contributed by atoms with Crippen LogP contribution in [-0.4, -0.2) is 29.4 Å². The predicted octanol–water partition coefficient (Wildman–Crippen LogP) is 2.92. The first-order chi connectivity index (χ1) is 10.1. The predicted molar refractivity (Wildman–Crippen MR) is 81.5 cm³/mol. The summed E-state index contributed by atoms with van der Waals surface area (Å²) in [7, 11) is 1.79. The summed E-state index contributed by atoms with van der Waals surface area (Å²) < 4.78 is 12.8. The maximum atomic E-state index is 12.8. The maximum Gasteiger partial charge on any atom is 0.247 e. The minimum absolute atomic E-state index is 0.0352. The molecule has 0 radical (unpaired) electrons. The van der Waals surface area contributed by atoms with E-state index >= 15 is 0 Å². The molecule has 0 fully saturated rings. The Kier molecular flexibility index (Phi) is 3.84. The number of rotatable bonds is 4. The Bertz CT molecular complexity index is 691. The molecule has 0 aliphatic carbocycles. The van der Waals surface area contributed by atoms with Gasteiger partial charge >= 0.3 is 0 Å². The van der Waals surface area contributed by atoms with Crippen molar-refractivity contribution in [3.05, 3.63) is 57.8 Å². The van der Waals surface area contributed by atoms with Crippen LogP contribution in [0, 0.1) is 5.82 Å². The zero-order valence-electron chi connectivity index (χ0n) is 11.7. The SMILES string of the molecule is CN1CC(c2ncc(CCc3ccc(F)cc3)s2)=CC1=O. The van der Waals surface area contributed by atoms with E-state index in [1.165, 1.54) is 17.0 Å². The number of hydrogen-bond donors (Lipinski definition) is 0. The maximum absolute atomic E-state index is 12.8. The fourth-order valence-electron chi connectivity index (χ4n) is 2.26. The molecule has 3 rings (SSSR count). The summed E-state index contributed by atoms with van der Waals surface area (Å²) in [5.41, 5.74) is 2.10. The van der Waals surface area contributed by atoms with Gasteiger partial charge in [-0.25, -0.2) is 9.37 Å². The molecular formula is C16H15FN2OS. The molecule has 0 N–H and O–H groups in total. The lowest BCUT2D eigenvalue weighted by molar-refractivity contribution is -0.123. The Balaban J connectivity index is 1.64. The molecule has 1 aromatic heterocycles. The molecule has 0 atom stereocenters. The molecule has 2 heterocycles. The number of likely N-dealkylation sites (N-methyl/N-ethyl adjacent to an activating group) is 1. The standard InChI is InChI=1S/C16H15FN2OS/c1-19-10-12(8-15(19)20)16-18-9-14(21-16)7-4-11-2-5-13(17)6-3-11/h2-3,5-6,8-9H,4,7,10H2,1H3. The van der Waals surface area contributed by atoms with Crippen molar-refractivity contribution in [1.82, 2.24) is 9.88 Å². The monoisotopic (exact) mass is 302 g/mol. The van der Waals surface area contributed by atoms with Crippen molar-refractivity contribution in [1.29, 1.82) is 0 Å². The zero-order valence-corrected chi connectivity index (χ0v) is 12.5. The first kappa shape index (κ1) is 13.9. The summed E-state index contributed by atoms with van der Waals surface area (Å²) in [6.45, 7) is 0.629. The largest absolute Gasteiger partial charge is 0.338 e. The number of carbonyl (C=O) groups is 1. The van der Waals surface area contributed by atoms with Crippen LogP contribution in [0.1, 0.15) is 15.4 Å². The van der Waals surface area contributed by atoms with Crippen LogP contribution in [0.5, 0.6) is 0 Å². The number of nitrogens with zero attached hydrogens (tertiary/aromatic N) is 2. The Labute approximate surface area is 126 Å². The van der Waals surface area contributed by atoms with Crippen LogP contribution >= 0.6 is 11.3 Å². The molecule has 0 bridgehead atoms. The number of aromatic nitrogens is 1. The lowest BCUT2D eigenvalue weighted by atomic mass is 10.1.